The minimum atomic E-state index is -0.257. The largest absolute Gasteiger partial charge is 0.420 e. The normalized spacial score (nSPS) is 17.1. The van der Waals surface area contributed by atoms with Crippen LogP contribution in [0.5, 0.6) is 0 Å². The number of aryl methyl sites for hydroxylation is 2. The number of H-pyrrole nitrogens is 1. The van der Waals surface area contributed by atoms with Gasteiger partial charge in [-0.05, 0) is 32.3 Å². The molecule has 1 saturated heterocycles. The lowest BCUT2D eigenvalue weighted by Gasteiger charge is -2.18. The van der Waals surface area contributed by atoms with Gasteiger partial charge in [0.05, 0.1) is 18.2 Å². The molecule has 148 valence electrons. The van der Waals surface area contributed by atoms with E-state index in [4.69, 9.17) is 14.1 Å². The molecule has 1 atom stereocenters. The van der Waals surface area contributed by atoms with Crippen LogP contribution < -0.4 is 5.56 Å². The summed E-state index contributed by atoms with van der Waals surface area (Å²) in [6.07, 6.45) is 1.90. The van der Waals surface area contributed by atoms with Gasteiger partial charge in [0, 0.05) is 17.9 Å². The molecule has 1 unspecified atom stereocenters. The minimum Gasteiger partial charge on any atom is -0.420 e. The highest BCUT2D eigenvalue weighted by Crippen LogP contribution is 2.29. The van der Waals surface area contributed by atoms with E-state index in [9.17, 15) is 4.79 Å². The van der Waals surface area contributed by atoms with Gasteiger partial charge >= 0.3 is 0 Å². The molecule has 0 spiro atoms. The molecule has 4 heterocycles. The number of fused-ring (bicyclic) bond motifs is 1. The maximum absolute atomic E-state index is 13.3. The molecular weight excluding hydrogens is 370 g/mol. The molecule has 1 N–H and O–H groups in total. The number of ether oxygens (including phenoxy) is 1. The maximum Gasteiger partial charge on any atom is 0.285 e. The Morgan fingerprint density at radius 3 is 2.72 bits per heavy atom. The SMILES string of the molecule is Cc1nc2c(-c3ccccc3)c(C)[nH]n2c(=O)c1-c1nnc(C2CCCOC2)o1. The zero-order valence-electron chi connectivity index (χ0n) is 16.3. The second-order valence-electron chi connectivity index (χ2n) is 7.37. The number of nitrogens with one attached hydrogen (secondary N) is 1. The van der Waals surface area contributed by atoms with Crippen LogP contribution in [0.3, 0.4) is 0 Å². The smallest absolute Gasteiger partial charge is 0.285 e. The van der Waals surface area contributed by atoms with E-state index in [1.54, 1.807) is 6.92 Å². The van der Waals surface area contributed by atoms with Crippen LogP contribution in [0.2, 0.25) is 0 Å². The zero-order chi connectivity index (χ0) is 20.0. The summed E-state index contributed by atoms with van der Waals surface area (Å²) < 4.78 is 12.8. The van der Waals surface area contributed by atoms with E-state index >= 15 is 0 Å². The van der Waals surface area contributed by atoms with Crippen molar-refractivity contribution in [3.05, 3.63) is 58.0 Å². The maximum atomic E-state index is 13.3. The van der Waals surface area contributed by atoms with Crippen molar-refractivity contribution in [3.8, 4) is 22.6 Å². The van der Waals surface area contributed by atoms with E-state index in [0.717, 1.165) is 36.3 Å². The summed E-state index contributed by atoms with van der Waals surface area (Å²) >= 11 is 0. The first-order valence-corrected chi connectivity index (χ1v) is 9.72. The lowest BCUT2D eigenvalue weighted by molar-refractivity contribution is 0.0727. The quantitative estimate of drug-likeness (QED) is 0.576. The van der Waals surface area contributed by atoms with Gasteiger partial charge in [0.15, 0.2) is 5.65 Å². The van der Waals surface area contributed by atoms with E-state index in [1.165, 1.54) is 4.52 Å². The Bertz CT molecular complexity index is 1230. The van der Waals surface area contributed by atoms with Crippen molar-refractivity contribution in [2.45, 2.75) is 32.6 Å². The number of hydrogen-bond donors (Lipinski definition) is 1. The van der Waals surface area contributed by atoms with Gasteiger partial charge in [-0.3, -0.25) is 9.89 Å². The molecule has 5 rings (SSSR count). The first kappa shape index (κ1) is 17.8. The van der Waals surface area contributed by atoms with Crippen LogP contribution in [-0.2, 0) is 4.74 Å². The monoisotopic (exact) mass is 391 g/mol. The summed E-state index contributed by atoms with van der Waals surface area (Å²) in [5, 5.41) is 11.4. The van der Waals surface area contributed by atoms with E-state index in [1.807, 2.05) is 37.3 Å². The van der Waals surface area contributed by atoms with Gasteiger partial charge in [-0.1, -0.05) is 30.3 Å². The fraction of sp³-hybridized carbons (Fsp3) is 0.333. The van der Waals surface area contributed by atoms with Gasteiger partial charge in [0.2, 0.25) is 5.89 Å². The number of aromatic nitrogens is 5. The van der Waals surface area contributed by atoms with E-state index in [0.29, 0.717) is 29.4 Å². The number of rotatable bonds is 3. The third-order valence-corrected chi connectivity index (χ3v) is 5.37. The van der Waals surface area contributed by atoms with Crippen LogP contribution in [0.25, 0.3) is 28.2 Å². The Hall–Kier alpha value is -3.26. The number of hydrogen-bond acceptors (Lipinski definition) is 6. The van der Waals surface area contributed by atoms with Crippen molar-refractivity contribution in [2.24, 2.45) is 0 Å². The molecule has 1 fully saturated rings. The lowest BCUT2D eigenvalue weighted by atomic mass is 10.0. The van der Waals surface area contributed by atoms with E-state index in [-0.39, 0.29) is 17.4 Å². The summed E-state index contributed by atoms with van der Waals surface area (Å²) in [6.45, 7) is 5.04. The van der Waals surface area contributed by atoms with Crippen LogP contribution in [0, 0.1) is 13.8 Å². The molecule has 0 radical (unpaired) electrons. The predicted octanol–water partition coefficient (Wildman–Crippen LogP) is 3.25. The highest BCUT2D eigenvalue weighted by Gasteiger charge is 2.25. The summed E-state index contributed by atoms with van der Waals surface area (Å²) in [7, 11) is 0. The zero-order valence-corrected chi connectivity index (χ0v) is 16.3. The molecule has 0 bridgehead atoms. The molecule has 0 aliphatic carbocycles. The predicted molar refractivity (Wildman–Crippen MR) is 107 cm³/mol. The third-order valence-electron chi connectivity index (χ3n) is 5.37. The summed E-state index contributed by atoms with van der Waals surface area (Å²) in [4.78, 5) is 18.0. The van der Waals surface area contributed by atoms with Gasteiger partial charge in [0.1, 0.15) is 5.56 Å². The first-order valence-electron chi connectivity index (χ1n) is 9.72. The molecule has 1 aliphatic heterocycles. The number of nitrogens with zero attached hydrogens (tertiary/aromatic N) is 4. The average molecular weight is 391 g/mol. The molecule has 4 aromatic rings. The Morgan fingerprint density at radius 2 is 1.97 bits per heavy atom. The van der Waals surface area contributed by atoms with Gasteiger partial charge < -0.3 is 9.15 Å². The Kier molecular flexibility index (Phi) is 4.28. The Balaban J connectivity index is 1.63. The van der Waals surface area contributed by atoms with Crippen LogP contribution in [0.1, 0.15) is 36.0 Å². The van der Waals surface area contributed by atoms with Gasteiger partial charge in [-0.2, -0.15) is 0 Å². The molecule has 0 amide bonds. The van der Waals surface area contributed by atoms with Crippen molar-refractivity contribution >= 4 is 5.65 Å². The lowest BCUT2D eigenvalue weighted by Crippen LogP contribution is -2.19. The highest BCUT2D eigenvalue weighted by atomic mass is 16.5. The molecule has 29 heavy (non-hydrogen) atoms. The van der Waals surface area contributed by atoms with Crippen molar-refractivity contribution in [1.29, 1.82) is 0 Å². The average Bonchev–Trinajstić information content (AvgIpc) is 3.34. The van der Waals surface area contributed by atoms with Crippen LogP contribution in [0.15, 0.2) is 39.5 Å². The van der Waals surface area contributed by atoms with E-state index < -0.39 is 0 Å². The molecule has 8 heteroatoms. The summed E-state index contributed by atoms with van der Waals surface area (Å²) in [5.74, 6) is 0.780. The first-order chi connectivity index (χ1) is 14.1. The molecule has 1 aliphatic rings. The Labute approximate surface area is 166 Å². The van der Waals surface area contributed by atoms with Gasteiger partial charge in [-0.15, -0.1) is 10.2 Å². The summed E-state index contributed by atoms with van der Waals surface area (Å²) in [5.41, 5.74) is 3.97. The van der Waals surface area contributed by atoms with Gasteiger partial charge in [0.25, 0.3) is 11.4 Å². The second-order valence-corrected chi connectivity index (χ2v) is 7.37. The Morgan fingerprint density at radius 1 is 1.14 bits per heavy atom. The topological polar surface area (TPSA) is 98.3 Å². The summed E-state index contributed by atoms with van der Waals surface area (Å²) in [6, 6.07) is 9.89. The van der Waals surface area contributed by atoms with Gasteiger partial charge in [-0.25, -0.2) is 9.50 Å². The van der Waals surface area contributed by atoms with Crippen molar-refractivity contribution in [1.82, 2.24) is 24.8 Å². The highest BCUT2D eigenvalue weighted by molar-refractivity contribution is 5.80. The molecule has 3 aromatic heterocycles. The number of aromatic amines is 1. The molecule has 0 saturated carbocycles. The van der Waals surface area contributed by atoms with Crippen molar-refractivity contribution in [3.63, 3.8) is 0 Å². The fourth-order valence-corrected chi connectivity index (χ4v) is 3.92. The van der Waals surface area contributed by atoms with Crippen molar-refractivity contribution < 1.29 is 9.15 Å². The molecule has 8 nitrogen and oxygen atoms in total. The minimum absolute atomic E-state index is 0.0715. The van der Waals surface area contributed by atoms with E-state index in [2.05, 4.69) is 15.3 Å². The molecular formula is C21H21N5O3. The van der Waals surface area contributed by atoms with Crippen LogP contribution in [0.4, 0.5) is 0 Å². The van der Waals surface area contributed by atoms with Crippen LogP contribution >= 0.6 is 0 Å². The third kappa shape index (κ3) is 2.96. The number of benzene rings is 1. The molecule has 1 aromatic carbocycles. The second kappa shape index (κ2) is 6.97. The fourth-order valence-electron chi connectivity index (χ4n) is 3.92. The van der Waals surface area contributed by atoms with Crippen LogP contribution in [-0.4, -0.2) is 38.0 Å². The van der Waals surface area contributed by atoms with Crippen molar-refractivity contribution in [2.75, 3.05) is 13.2 Å². The standard InChI is InChI=1S/C21H21N5O3/c1-12-17(20-24-23-19(29-20)15-9-6-10-28-11-15)21(27)26-18(22-12)16(13(2)25-26)14-7-4-3-5-8-14/h3-5,7-8,15,25H,6,9-11H2,1-2H3.